The van der Waals surface area contributed by atoms with Crippen molar-refractivity contribution in [2.45, 2.75) is 5.92 Å². The first-order valence-corrected chi connectivity index (χ1v) is 7.71. The molecule has 1 unspecified atom stereocenters. The Labute approximate surface area is 133 Å². The lowest BCUT2D eigenvalue weighted by Gasteiger charge is -2.36. The van der Waals surface area contributed by atoms with Crippen LogP contribution in [0.4, 0.5) is 5.00 Å². The summed E-state index contributed by atoms with van der Waals surface area (Å²) >= 11 is 1.49. The molecule has 0 spiro atoms. The van der Waals surface area contributed by atoms with E-state index < -0.39 is 5.92 Å². The van der Waals surface area contributed by atoms with Crippen molar-refractivity contribution in [3.63, 3.8) is 0 Å². The van der Waals surface area contributed by atoms with E-state index in [0.717, 1.165) is 9.88 Å². The molecule has 1 aromatic heterocycles. The summed E-state index contributed by atoms with van der Waals surface area (Å²) in [6.45, 7) is 0. The van der Waals surface area contributed by atoms with Gasteiger partial charge in [-0.25, -0.2) is 0 Å². The quantitative estimate of drug-likeness (QED) is 0.868. The second-order valence-corrected chi connectivity index (χ2v) is 6.43. The average Bonchev–Trinajstić information content (AvgIpc) is 2.97. The molecule has 2 aromatic rings. The Morgan fingerprint density at radius 3 is 2.32 bits per heavy atom. The molecule has 0 saturated heterocycles. The first-order valence-electron chi connectivity index (χ1n) is 6.89. The van der Waals surface area contributed by atoms with Crippen LogP contribution in [0.5, 0.6) is 5.75 Å². The number of nitrogens with zero attached hydrogens (tertiary/aromatic N) is 1. The fourth-order valence-corrected chi connectivity index (χ4v) is 3.52. The van der Waals surface area contributed by atoms with Gasteiger partial charge in [0.1, 0.15) is 5.75 Å². The molecule has 1 aliphatic carbocycles. The average molecular weight is 314 g/mol. The topological polar surface area (TPSA) is 52.6 Å². The minimum absolute atomic E-state index is 0.0951. The molecule has 5 heteroatoms. The molecule has 114 valence electrons. The molecule has 0 aliphatic heterocycles. The van der Waals surface area contributed by atoms with Crippen LogP contribution < -0.4 is 14.7 Å². The summed E-state index contributed by atoms with van der Waals surface area (Å²) in [6.07, 6.45) is 0. The highest BCUT2D eigenvalue weighted by Crippen LogP contribution is 2.44. The van der Waals surface area contributed by atoms with Gasteiger partial charge in [-0.1, -0.05) is 12.1 Å². The molecule has 3 rings (SSSR count). The van der Waals surface area contributed by atoms with Gasteiger partial charge < -0.3 is 14.7 Å². The summed E-state index contributed by atoms with van der Waals surface area (Å²) in [5, 5.41) is 13.4. The minimum atomic E-state index is -0.629. The molecule has 4 nitrogen and oxygen atoms in total. The highest BCUT2D eigenvalue weighted by Gasteiger charge is 2.36. The number of carbonyl (C=O) groups is 1. The Bertz CT molecular complexity index is 744. The first kappa shape index (κ1) is 14.7. The minimum Gasteiger partial charge on any atom is -0.874 e. The van der Waals surface area contributed by atoms with Crippen LogP contribution in [0.15, 0.2) is 42.2 Å². The normalized spacial score (nSPS) is 17.4. The van der Waals surface area contributed by atoms with Crippen molar-refractivity contribution in [1.82, 2.24) is 0 Å². The zero-order chi connectivity index (χ0) is 15.9. The van der Waals surface area contributed by atoms with Crippen molar-refractivity contribution in [3.8, 4) is 5.75 Å². The predicted octanol–water partition coefficient (Wildman–Crippen LogP) is 2.26. The van der Waals surface area contributed by atoms with Gasteiger partial charge >= 0.3 is 0 Å². The molecule has 0 radical (unpaired) electrons. The molecule has 1 atom stereocenters. The molecule has 0 N–H and O–H groups in total. The number of hydrogen-bond acceptors (Lipinski definition) is 5. The summed E-state index contributed by atoms with van der Waals surface area (Å²) < 4.78 is 5.09. The van der Waals surface area contributed by atoms with Crippen molar-refractivity contribution in [2.75, 3.05) is 26.1 Å². The summed E-state index contributed by atoms with van der Waals surface area (Å²) in [7, 11) is 5.46. The number of hydrogen-bond donors (Lipinski definition) is 0. The van der Waals surface area contributed by atoms with Crippen LogP contribution in [0, 0.1) is 0 Å². The van der Waals surface area contributed by atoms with E-state index in [4.69, 9.17) is 4.74 Å². The maximum atomic E-state index is 12.4. The van der Waals surface area contributed by atoms with E-state index in [1.807, 2.05) is 31.1 Å². The van der Waals surface area contributed by atoms with E-state index in [9.17, 15) is 9.90 Å². The van der Waals surface area contributed by atoms with Crippen molar-refractivity contribution in [3.05, 3.63) is 52.6 Å². The number of benzene rings is 1. The summed E-state index contributed by atoms with van der Waals surface area (Å²) in [4.78, 5) is 15.2. The standard InChI is InChI=1S/C17H17NO3S/c1-18(2)13-9-8-12(22-13)15-16(19)14(17(15)20)10-4-6-11(21-3)7-5-10/h4-9,15,19H,1-3H3/p-1. The lowest BCUT2D eigenvalue weighted by molar-refractivity contribution is -0.309. The molecule has 0 bridgehead atoms. The number of Topliss-reactive ketones (excluding diaryl/α,β-unsaturated/α-hetero) is 1. The Kier molecular flexibility index (Phi) is 3.66. The van der Waals surface area contributed by atoms with Gasteiger partial charge in [0, 0.05) is 24.5 Å². The number of thiophene rings is 1. The fourth-order valence-electron chi connectivity index (χ4n) is 2.49. The van der Waals surface area contributed by atoms with E-state index in [2.05, 4.69) is 0 Å². The second kappa shape index (κ2) is 5.50. The largest absolute Gasteiger partial charge is 0.874 e. The molecule has 0 saturated carbocycles. The summed E-state index contributed by atoms with van der Waals surface area (Å²) in [5.41, 5.74) is 0.962. The van der Waals surface area contributed by atoms with E-state index >= 15 is 0 Å². The van der Waals surface area contributed by atoms with Crippen molar-refractivity contribution in [1.29, 1.82) is 0 Å². The van der Waals surface area contributed by atoms with Crippen molar-refractivity contribution >= 4 is 27.7 Å². The van der Waals surface area contributed by atoms with Gasteiger partial charge in [-0.05, 0) is 29.8 Å². The van der Waals surface area contributed by atoms with Gasteiger partial charge in [-0.15, -0.1) is 17.1 Å². The van der Waals surface area contributed by atoms with Crippen LogP contribution in [0.25, 0.3) is 5.57 Å². The molecule has 1 aromatic carbocycles. The predicted molar refractivity (Wildman–Crippen MR) is 86.3 cm³/mol. The molecule has 0 amide bonds. The maximum Gasteiger partial charge on any atom is 0.174 e. The molecular weight excluding hydrogens is 298 g/mol. The zero-order valence-electron chi connectivity index (χ0n) is 12.6. The number of ether oxygens (including phenoxy) is 1. The third-order valence-corrected chi connectivity index (χ3v) is 5.05. The number of rotatable bonds is 4. The van der Waals surface area contributed by atoms with E-state index in [0.29, 0.717) is 16.9 Å². The summed E-state index contributed by atoms with van der Waals surface area (Å²) in [5.74, 6) is -0.116. The third-order valence-electron chi connectivity index (χ3n) is 3.73. The SMILES string of the molecule is COc1ccc(C2=C([O-])C(c3ccc(N(C)C)s3)C2=O)cc1. The van der Waals surface area contributed by atoms with Crippen LogP contribution >= 0.6 is 11.3 Å². The van der Waals surface area contributed by atoms with Gasteiger partial charge in [0.15, 0.2) is 5.78 Å². The van der Waals surface area contributed by atoms with Crippen molar-refractivity contribution in [2.24, 2.45) is 0 Å². The van der Waals surface area contributed by atoms with Crippen LogP contribution in [-0.2, 0) is 4.79 Å². The van der Waals surface area contributed by atoms with E-state index in [1.54, 1.807) is 31.4 Å². The Morgan fingerprint density at radius 1 is 1.14 bits per heavy atom. The van der Waals surface area contributed by atoms with Gasteiger partial charge in [-0.2, -0.15) is 0 Å². The van der Waals surface area contributed by atoms with Gasteiger partial charge in [0.2, 0.25) is 0 Å². The number of methoxy groups -OCH3 is 1. The number of carbonyl (C=O) groups excluding carboxylic acids is 1. The third kappa shape index (κ3) is 2.27. The smallest absolute Gasteiger partial charge is 0.174 e. The van der Waals surface area contributed by atoms with Crippen LogP contribution in [-0.4, -0.2) is 27.0 Å². The number of anilines is 1. The molecular formula is C17H16NO3S-. The highest BCUT2D eigenvalue weighted by atomic mass is 32.1. The van der Waals surface area contributed by atoms with E-state index in [1.165, 1.54) is 11.3 Å². The maximum absolute atomic E-state index is 12.4. The van der Waals surface area contributed by atoms with Crippen LogP contribution in [0.1, 0.15) is 16.4 Å². The monoisotopic (exact) mass is 314 g/mol. The van der Waals surface area contributed by atoms with Gasteiger partial charge in [0.25, 0.3) is 0 Å². The fraction of sp³-hybridized carbons (Fsp3) is 0.235. The van der Waals surface area contributed by atoms with Crippen molar-refractivity contribution < 1.29 is 14.6 Å². The second-order valence-electron chi connectivity index (χ2n) is 5.34. The Hall–Kier alpha value is -2.27. The van der Waals surface area contributed by atoms with Gasteiger partial charge in [0.05, 0.1) is 18.0 Å². The molecule has 22 heavy (non-hydrogen) atoms. The van der Waals surface area contributed by atoms with E-state index in [-0.39, 0.29) is 11.5 Å². The molecule has 1 heterocycles. The first-order chi connectivity index (χ1) is 10.5. The van der Waals surface area contributed by atoms with Crippen LogP contribution in [0.3, 0.4) is 0 Å². The zero-order valence-corrected chi connectivity index (χ0v) is 13.4. The number of allylic oxidation sites excluding steroid dienone is 2. The lowest BCUT2D eigenvalue weighted by Crippen LogP contribution is -2.34. The summed E-state index contributed by atoms with van der Waals surface area (Å²) in [6, 6.07) is 10.8. The Morgan fingerprint density at radius 2 is 1.82 bits per heavy atom. The molecule has 0 fully saturated rings. The Balaban J connectivity index is 1.90. The van der Waals surface area contributed by atoms with Crippen LogP contribution in [0.2, 0.25) is 0 Å². The molecule has 1 aliphatic rings. The lowest BCUT2D eigenvalue weighted by atomic mass is 9.78. The number of ketones is 1. The van der Waals surface area contributed by atoms with Gasteiger partial charge in [-0.3, -0.25) is 4.79 Å². The highest BCUT2D eigenvalue weighted by molar-refractivity contribution is 7.16.